The highest BCUT2D eigenvalue weighted by molar-refractivity contribution is 5.90. The molecule has 0 aliphatic rings. The molecule has 0 spiro atoms. The number of hydrogen-bond acceptors (Lipinski definition) is 4. The number of benzene rings is 1. The van der Waals surface area contributed by atoms with Gasteiger partial charge in [0.2, 0.25) is 0 Å². The van der Waals surface area contributed by atoms with Gasteiger partial charge in [-0.2, -0.15) is 0 Å². The summed E-state index contributed by atoms with van der Waals surface area (Å²) in [5, 5.41) is 0.994. The fourth-order valence-corrected chi connectivity index (χ4v) is 2.10. The van der Waals surface area contributed by atoms with Crippen LogP contribution in [-0.4, -0.2) is 30.7 Å². The minimum Gasteiger partial charge on any atom is -0.497 e. The topological polar surface area (TPSA) is 38.2 Å². The van der Waals surface area contributed by atoms with Gasteiger partial charge in [0.1, 0.15) is 17.4 Å². The molecule has 0 aliphatic carbocycles. The Kier molecular flexibility index (Phi) is 3.69. The van der Waals surface area contributed by atoms with E-state index in [4.69, 9.17) is 4.74 Å². The molecule has 0 saturated heterocycles. The number of hydrogen-bond donors (Lipinski definition) is 0. The molecule has 0 aliphatic heterocycles. The third kappa shape index (κ3) is 2.84. The lowest BCUT2D eigenvalue weighted by Gasteiger charge is -2.20. The highest BCUT2D eigenvalue weighted by Crippen LogP contribution is 2.27. The van der Waals surface area contributed by atoms with Crippen LogP contribution in [-0.2, 0) is 0 Å². The fourth-order valence-electron chi connectivity index (χ4n) is 2.10. The van der Waals surface area contributed by atoms with Crippen LogP contribution in [0.5, 0.6) is 5.75 Å². The van der Waals surface area contributed by atoms with Crippen LogP contribution >= 0.6 is 0 Å². The summed E-state index contributed by atoms with van der Waals surface area (Å²) in [4.78, 5) is 11.1. The maximum Gasteiger partial charge on any atom is 0.140 e. The quantitative estimate of drug-likeness (QED) is 0.789. The van der Waals surface area contributed by atoms with E-state index in [1.807, 2.05) is 39.1 Å². The lowest BCUT2D eigenvalue weighted by molar-refractivity contribution is 0.415. The molecule has 19 heavy (non-hydrogen) atoms. The number of aryl methyl sites for hydroxylation is 1. The van der Waals surface area contributed by atoms with Gasteiger partial charge in [-0.1, -0.05) is 12.2 Å². The molecule has 4 nitrogen and oxygen atoms in total. The van der Waals surface area contributed by atoms with E-state index in [1.54, 1.807) is 7.11 Å². The molecule has 1 heterocycles. The summed E-state index contributed by atoms with van der Waals surface area (Å²) < 4.78 is 5.28. The fraction of sp³-hybridized carbons (Fsp3) is 0.333. The minimum absolute atomic E-state index is 0.765. The van der Waals surface area contributed by atoms with Crippen molar-refractivity contribution in [1.82, 2.24) is 9.97 Å². The van der Waals surface area contributed by atoms with Gasteiger partial charge in [0.05, 0.1) is 12.6 Å². The van der Waals surface area contributed by atoms with Crippen LogP contribution in [0.4, 0.5) is 5.82 Å². The van der Waals surface area contributed by atoms with Gasteiger partial charge < -0.3 is 9.64 Å². The molecule has 0 N–H and O–H groups in total. The van der Waals surface area contributed by atoms with Gasteiger partial charge in [-0.25, -0.2) is 9.97 Å². The predicted molar refractivity (Wildman–Crippen MR) is 78.9 cm³/mol. The normalized spacial score (nSPS) is 10.5. The number of fused-ring (bicyclic) bond motifs is 1. The van der Waals surface area contributed by atoms with Crippen LogP contribution in [0.15, 0.2) is 30.4 Å². The lowest BCUT2D eigenvalue weighted by Crippen LogP contribution is -2.21. The van der Waals surface area contributed by atoms with Gasteiger partial charge in [0, 0.05) is 19.0 Å². The zero-order valence-corrected chi connectivity index (χ0v) is 11.9. The van der Waals surface area contributed by atoms with E-state index in [0.717, 1.165) is 40.4 Å². The average Bonchev–Trinajstić information content (AvgIpc) is 2.36. The third-order valence-corrected chi connectivity index (χ3v) is 2.86. The minimum atomic E-state index is 0.765. The van der Waals surface area contributed by atoms with Gasteiger partial charge in [-0.15, -0.1) is 0 Å². The number of nitrogens with zero attached hydrogens (tertiary/aromatic N) is 3. The first kappa shape index (κ1) is 13.3. The standard InChI is InChI=1S/C15H19N3O/c1-10(2)9-18(4)15-13-8-12(19-5)6-7-14(13)16-11(3)17-15/h6-8H,1,9H2,2-5H3. The van der Waals surface area contributed by atoms with Crippen LogP contribution < -0.4 is 9.64 Å². The Balaban J connectivity index is 2.59. The van der Waals surface area contributed by atoms with Crippen molar-refractivity contribution in [3.8, 4) is 5.75 Å². The zero-order chi connectivity index (χ0) is 14.0. The summed E-state index contributed by atoms with van der Waals surface area (Å²) in [5.74, 6) is 2.48. The van der Waals surface area contributed by atoms with Gasteiger partial charge in [0.25, 0.3) is 0 Å². The Morgan fingerprint density at radius 3 is 2.74 bits per heavy atom. The van der Waals surface area contributed by atoms with E-state index < -0.39 is 0 Å². The van der Waals surface area contributed by atoms with Crippen molar-refractivity contribution in [2.75, 3.05) is 25.6 Å². The van der Waals surface area contributed by atoms with Crippen LogP contribution in [0.1, 0.15) is 12.7 Å². The molecule has 4 heteroatoms. The molecule has 0 saturated carbocycles. The molecular formula is C15H19N3O. The molecule has 0 radical (unpaired) electrons. The SMILES string of the molecule is C=C(C)CN(C)c1nc(C)nc2ccc(OC)cc12. The van der Waals surface area contributed by atoms with Crippen molar-refractivity contribution in [1.29, 1.82) is 0 Å². The maximum atomic E-state index is 5.28. The van der Waals surface area contributed by atoms with Gasteiger partial charge >= 0.3 is 0 Å². The second-order valence-corrected chi connectivity index (χ2v) is 4.79. The Labute approximate surface area is 113 Å². The third-order valence-electron chi connectivity index (χ3n) is 2.86. The second kappa shape index (κ2) is 5.26. The second-order valence-electron chi connectivity index (χ2n) is 4.79. The molecule has 0 unspecified atom stereocenters. The molecule has 1 aromatic carbocycles. The Hall–Kier alpha value is -2.10. The number of rotatable bonds is 4. The number of methoxy groups -OCH3 is 1. The lowest BCUT2D eigenvalue weighted by atomic mass is 10.2. The summed E-state index contributed by atoms with van der Waals surface area (Å²) in [6, 6.07) is 5.84. The van der Waals surface area contributed by atoms with Crippen molar-refractivity contribution in [2.24, 2.45) is 0 Å². The molecule has 0 atom stereocenters. The first-order valence-corrected chi connectivity index (χ1v) is 6.19. The van der Waals surface area contributed by atoms with Crippen LogP contribution in [0.3, 0.4) is 0 Å². The molecule has 0 fully saturated rings. The molecule has 100 valence electrons. The molecule has 1 aromatic heterocycles. The summed E-state index contributed by atoms with van der Waals surface area (Å²) in [5.41, 5.74) is 2.02. The van der Waals surface area contributed by atoms with Gasteiger partial charge in [-0.3, -0.25) is 0 Å². The molecule has 2 aromatic rings. The van der Waals surface area contributed by atoms with E-state index in [2.05, 4.69) is 21.4 Å². The largest absolute Gasteiger partial charge is 0.497 e. The van der Waals surface area contributed by atoms with Crippen molar-refractivity contribution in [3.63, 3.8) is 0 Å². The summed E-state index contributed by atoms with van der Waals surface area (Å²) in [6.07, 6.45) is 0. The molecule has 2 rings (SSSR count). The molecule has 0 amide bonds. The van der Waals surface area contributed by atoms with Crippen LogP contribution in [0, 0.1) is 6.92 Å². The average molecular weight is 257 g/mol. The van der Waals surface area contributed by atoms with E-state index in [9.17, 15) is 0 Å². The van der Waals surface area contributed by atoms with Crippen LogP contribution in [0.2, 0.25) is 0 Å². The summed E-state index contributed by atoms with van der Waals surface area (Å²) in [6.45, 7) is 8.63. The van der Waals surface area contributed by atoms with Gasteiger partial charge in [-0.05, 0) is 32.0 Å². The highest BCUT2D eigenvalue weighted by atomic mass is 16.5. The summed E-state index contributed by atoms with van der Waals surface area (Å²) in [7, 11) is 3.67. The molecule has 0 bridgehead atoms. The number of ether oxygens (including phenoxy) is 1. The Morgan fingerprint density at radius 2 is 2.11 bits per heavy atom. The van der Waals surface area contributed by atoms with E-state index >= 15 is 0 Å². The Bertz CT molecular complexity index is 622. The first-order valence-electron chi connectivity index (χ1n) is 6.19. The van der Waals surface area contributed by atoms with Crippen molar-refractivity contribution < 1.29 is 4.74 Å². The van der Waals surface area contributed by atoms with Gasteiger partial charge in [0.15, 0.2) is 0 Å². The predicted octanol–water partition coefficient (Wildman–Crippen LogP) is 2.96. The smallest absolute Gasteiger partial charge is 0.140 e. The number of aromatic nitrogens is 2. The highest BCUT2D eigenvalue weighted by Gasteiger charge is 2.11. The zero-order valence-electron chi connectivity index (χ0n) is 11.9. The Morgan fingerprint density at radius 1 is 1.37 bits per heavy atom. The van der Waals surface area contributed by atoms with Crippen molar-refractivity contribution >= 4 is 16.7 Å². The number of anilines is 1. The van der Waals surface area contributed by atoms with E-state index in [-0.39, 0.29) is 0 Å². The van der Waals surface area contributed by atoms with Crippen molar-refractivity contribution in [3.05, 3.63) is 36.2 Å². The van der Waals surface area contributed by atoms with Crippen LogP contribution in [0.25, 0.3) is 10.9 Å². The van der Waals surface area contributed by atoms with E-state index in [0.29, 0.717) is 0 Å². The monoisotopic (exact) mass is 257 g/mol. The summed E-state index contributed by atoms with van der Waals surface area (Å²) >= 11 is 0. The maximum absolute atomic E-state index is 5.28. The van der Waals surface area contributed by atoms with Crippen molar-refractivity contribution in [2.45, 2.75) is 13.8 Å². The van der Waals surface area contributed by atoms with E-state index in [1.165, 1.54) is 0 Å². The first-order chi connectivity index (χ1) is 9.01. The molecular weight excluding hydrogens is 238 g/mol. The number of likely N-dealkylation sites (N-methyl/N-ethyl adjacent to an activating group) is 1.